The van der Waals surface area contributed by atoms with Crippen LogP contribution in [0.2, 0.25) is 5.02 Å². The van der Waals surface area contributed by atoms with Gasteiger partial charge in [0.05, 0.1) is 10.5 Å². The van der Waals surface area contributed by atoms with Crippen LogP contribution in [0.15, 0.2) is 30.5 Å². The lowest BCUT2D eigenvalue weighted by Crippen LogP contribution is -1.89. The number of pyridine rings is 1. The minimum absolute atomic E-state index is 0.500. The van der Waals surface area contributed by atoms with Crippen molar-refractivity contribution in [1.29, 1.82) is 0 Å². The van der Waals surface area contributed by atoms with Crippen molar-refractivity contribution in [1.82, 2.24) is 9.97 Å². The van der Waals surface area contributed by atoms with E-state index in [1.165, 1.54) is 0 Å². The number of H-pyrrole nitrogens is 1. The molecule has 3 nitrogen and oxygen atoms in total. The molecule has 0 aliphatic carbocycles. The van der Waals surface area contributed by atoms with Gasteiger partial charge in [0.25, 0.3) is 0 Å². The molecule has 0 amide bonds. The van der Waals surface area contributed by atoms with Crippen molar-refractivity contribution in [2.75, 3.05) is 5.73 Å². The van der Waals surface area contributed by atoms with E-state index in [4.69, 9.17) is 17.3 Å². The molecule has 0 aliphatic heterocycles. The predicted octanol–water partition coefficient (Wildman–Crippen LogP) is 2.95. The Balaban J connectivity index is 2.65. The van der Waals surface area contributed by atoms with E-state index in [1.807, 2.05) is 24.3 Å². The quantitative estimate of drug-likeness (QED) is 0.608. The highest BCUT2D eigenvalue weighted by Gasteiger charge is 2.09. The molecular formula is C11H8ClN3. The highest BCUT2D eigenvalue weighted by Crippen LogP contribution is 2.32. The van der Waals surface area contributed by atoms with Gasteiger partial charge in [-0.15, -0.1) is 0 Å². The molecule has 0 aliphatic rings. The number of rotatable bonds is 0. The number of hydrogen-bond acceptors (Lipinski definition) is 2. The number of hydrogen-bond donors (Lipinski definition) is 2. The van der Waals surface area contributed by atoms with Gasteiger partial charge in [-0.25, -0.2) is 4.98 Å². The van der Waals surface area contributed by atoms with Gasteiger partial charge in [-0.1, -0.05) is 17.7 Å². The topological polar surface area (TPSA) is 54.7 Å². The Bertz CT molecular complexity index is 657. The summed E-state index contributed by atoms with van der Waals surface area (Å²) in [4.78, 5) is 7.25. The molecule has 2 aromatic heterocycles. The third-order valence-electron chi connectivity index (χ3n) is 2.52. The first-order valence-corrected chi connectivity index (χ1v) is 4.95. The Morgan fingerprint density at radius 1 is 1.27 bits per heavy atom. The van der Waals surface area contributed by atoms with Crippen LogP contribution in [0.1, 0.15) is 0 Å². The van der Waals surface area contributed by atoms with Crippen molar-refractivity contribution >= 4 is 39.2 Å². The van der Waals surface area contributed by atoms with E-state index < -0.39 is 0 Å². The molecule has 0 radical (unpaired) electrons. The molecule has 0 atom stereocenters. The van der Waals surface area contributed by atoms with Crippen LogP contribution in [0, 0.1) is 0 Å². The van der Waals surface area contributed by atoms with E-state index in [0.717, 1.165) is 26.8 Å². The summed E-state index contributed by atoms with van der Waals surface area (Å²) in [5.41, 5.74) is 7.62. The van der Waals surface area contributed by atoms with Crippen LogP contribution < -0.4 is 5.73 Å². The second kappa shape index (κ2) is 2.87. The first-order valence-electron chi connectivity index (χ1n) is 4.58. The monoisotopic (exact) mass is 217 g/mol. The Hall–Kier alpha value is -1.74. The largest absolute Gasteiger partial charge is 0.382 e. The predicted molar refractivity (Wildman–Crippen MR) is 63.0 cm³/mol. The number of nitrogens with two attached hydrogens (primary N) is 1. The number of nitrogen functional groups attached to an aromatic ring is 1. The molecule has 3 rings (SSSR count). The van der Waals surface area contributed by atoms with Crippen LogP contribution in [0.5, 0.6) is 0 Å². The van der Waals surface area contributed by atoms with Crippen LogP contribution in [-0.2, 0) is 0 Å². The SMILES string of the molecule is Nc1nccc2c1[nH]c1cccc(Cl)c12. The van der Waals surface area contributed by atoms with Gasteiger partial charge in [0, 0.05) is 22.5 Å². The van der Waals surface area contributed by atoms with Gasteiger partial charge in [0.1, 0.15) is 5.82 Å². The van der Waals surface area contributed by atoms with Gasteiger partial charge in [0.2, 0.25) is 0 Å². The summed E-state index contributed by atoms with van der Waals surface area (Å²) in [5, 5.41) is 2.75. The van der Waals surface area contributed by atoms with Crippen molar-refractivity contribution < 1.29 is 0 Å². The molecule has 0 saturated carbocycles. The number of benzene rings is 1. The maximum absolute atomic E-state index is 6.15. The van der Waals surface area contributed by atoms with Gasteiger partial charge >= 0.3 is 0 Å². The minimum atomic E-state index is 0.500. The maximum atomic E-state index is 6.15. The summed E-state index contributed by atoms with van der Waals surface area (Å²) < 4.78 is 0. The fourth-order valence-corrected chi connectivity index (χ4v) is 2.13. The second-order valence-electron chi connectivity index (χ2n) is 3.41. The molecule has 2 heterocycles. The van der Waals surface area contributed by atoms with Crippen LogP contribution in [0.25, 0.3) is 21.8 Å². The third kappa shape index (κ3) is 1.10. The van der Waals surface area contributed by atoms with Gasteiger partial charge in [-0.05, 0) is 18.2 Å². The third-order valence-corrected chi connectivity index (χ3v) is 2.84. The molecule has 74 valence electrons. The van der Waals surface area contributed by atoms with Gasteiger partial charge in [0.15, 0.2) is 0 Å². The summed E-state index contributed by atoms with van der Waals surface area (Å²) >= 11 is 6.15. The van der Waals surface area contributed by atoms with Gasteiger partial charge in [-0.2, -0.15) is 0 Å². The fourth-order valence-electron chi connectivity index (χ4n) is 1.85. The first kappa shape index (κ1) is 8.56. The zero-order chi connectivity index (χ0) is 10.4. The zero-order valence-corrected chi connectivity index (χ0v) is 8.55. The summed E-state index contributed by atoms with van der Waals surface area (Å²) in [6, 6.07) is 7.66. The van der Waals surface area contributed by atoms with E-state index in [2.05, 4.69) is 9.97 Å². The highest BCUT2D eigenvalue weighted by molar-refractivity contribution is 6.38. The molecule has 3 N–H and O–H groups in total. The van der Waals surface area contributed by atoms with E-state index in [9.17, 15) is 0 Å². The molecular weight excluding hydrogens is 210 g/mol. The number of nitrogens with zero attached hydrogens (tertiary/aromatic N) is 1. The van der Waals surface area contributed by atoms with Crippen LogP contribution >= 0.6 is 11.6 Å². The second-order valence-corrected chi connectivity index (χ2v) is 3.81. The normalized spacial score (nSPS) is 11.3. The van der Waals surface area contributed by atoms with Crippen molar-refractivity contribution in [3.05, 3.63) is 35.5 Å². The molecule has 0 spiro atoms. The number of fused-ring (bicyclic) bond motifs is 3. The lowest BCUT2D eigenvalue weighted by molar-refractivity contribution is 1.35. The molecule has 0 unspecified atom stereocenters. The van der Waals surface area contributed by atoms with Crippen molar-refractivity contribution in [2.45, 2.75) is 0 Å². The lowest BCUT2D eigenvalue weighted by Gasteiger charge is -1.94. The van der Waals surface area contributed by atoms with Crippen molar-refractivity contribution in [3.8, 4) is 0 Å². The number of anilines is 1. The van der Waals surface area contributed by atoms with Crippen molar-refractivity contribution in [3.63, 3.8) is 0 Å². The zero-order valence-electron chi connectivity index (χ0n) is 7.79. The summed E-state index contributed by atoms with van der Waals surface area (Å²) in [7, 11) is 0. The van der Waals surface area contributed by atoms with Gasteiger partial charge < -0.3 is 10.7 Å². The average molecular weight is 218 g/mol. The molecule has 4 heteroatoms. The van der Waals surface area contributed by atoms with E-state index in [0.29, 0.717) is 5.82 Å². The summed E-state index contributed by atoms with van der Waals surface area (Å²) in [6.07, 6.45) is 1.69. The molecule has 0 bridgehead atoms. The Morgan fingerprint density at radius 2 is 2.13 bits per heavy atom. The minimum Gasteiger partial charge on any atom is -0.382 e. The summed E-state index contributed by atoms with van der Waals surface area (Å²) in [5.74, 6) is 0.500. The molecule has 3 aromatic rings. The Morgan fingerprint density at radius 3 is 3.00 bits per heavy atom. The number of aromatic amines is 1. The standard InChI is InChI=1S/C11H8ClN3/c12-7-2-1-3-8-9(7)6-4-5-14-11(13)10(6)15-8/h1-5,15H,(H2,13,14). The number of aromatic nitrogens is 2. The molecule has 1 aromatic carbocycles. The summed E-state index contributed by atoms with van der Waals surface area (Å²) in [6.45, 7) is 0. The van der Waals surface area contributed by atoms with Crippen molar-refractivity contribution in [2.24, 2.45) is 0 Å². The molecule has 0 fully saturated rings. The molecule has 0 saturated heterocycles. The molecule has 15 heavy (non-hydrogen) atoms. The van der Waals surface area contributed by atoms with Crippen LogP contribution in [-0.4, -0.2) is 9.97 Å². The van der Waals surface area contributed by atoms with Crippen LogP contribution in [0.3, 0.4) is 0 Å². The average Bonchev–Trinajstić information content (AvgIpc) is 2.59. The van der Waals surface area contributed by atoms with Gasteiger partial charge in [-0.3, -0.25) is 0 Å². The fraction of sp³-hybridized carbons (Fsp3) is 0. The Kier molecular flexibility index (Phi) is 1.64. The Labute approximate surface area is 90.9 Å². The lowest BCUT2D eigenvalue weighted by atomic mass is 10.2. The highest BCUT2D eigenvalue weighted by atomic mass is 35.5. The van der Waals surface area contributed by atoms with E-state index in [1.54, 1.807) is 6.20 Å². The first-order chi connectivity index (χ1) is 7.27. The van der Waals surface area contributed by atoms with Crippen LogP contribution in [0.4, 0.5) is 5.82 Å². The van der Waals surface area contributed by atoms with E-state index >= 15 is 0 Å². The number of nitrogens with one attached hydrogen (secondary N) is 1. The van der Waals surface area contributed by atoms with E-state index in [-0.39, 0.29) is 0 Å². The number of halogens is 1. The smallest absolute Gasteiger partial charge is 0.147 e. The maximum Gasteiger partial charge on any atom is 0.147 e.